The van der Waals surface area contributed by atoms with E-state index in [9.17, 15) is 9.18 Å². The number of halogens is 3. The SMILES string of the molecule is CCCc1ccc(C(=O)OC2CCC(c3ccc(C4CCC(CC)CC4)c(F)c3F)CC2)c(F)c1. The van der Waals surface area contributed by atoms with Crippen LogP contribution in [-0.2, 0) is 11.2 Å². The molecule has 2 aromatic carbocycles. The molecule has 2 aromatic rings. The third-order valence-electron chi connectivity index (χ3n) is 8.19. The van der Waals surface area contributed by atoms with Gasteiger partial charge < -0.3 is 4.74 Å². The summed E-state index contributed by atoms with van der Waals surface area (Å²) in [6, 6.07) is 8.21. The lowest BCUT2D eigenvalue weighted by molar-refractivity contribution is 0.0189. The number of hydrogen-bond donors (Lipinski definition) is 0. The molecule has 4 rings (SSSR count). The topological polar surface area (TPSA) is 26.3 Å². The van der Waals surface area contributed by atoms with Crippen LogP contribution in [0.4, 0.5) is 13.2 Å². The number of benzene rings is 2. The van der Waals surface area contributed by atoms with Gasteiger partial charge in [0.15, 0.2) is 11.6 Å². The maximum Gasteiger partial charge on any atom is 0.341 e. The highest BCUT2D eigenvalue weighted by molar-refractivity contribution is 5.89. The molecule has 0 aromatic heterocycles. The van der Waals surface area contributed by atoms with Crippen molar-refractivity contribution < 1.29 is 22.7 Å². The molecule has 2 saturated carbocycles. The second kappa shape index (κ2) is 11.6. The molecule has 0 radical (unpaired) electrons. The van der Waals surface area contributed by atoms with Crippen LogP contribution in [0.5, 0.6) is 0 Å². The van der Waals surface area contributed by atoms with Gasteiger partial charge in [-0.15, -0.1) is 0 Å². The number of hydrogen-bond acceptors (Lipinski definition) is 2. The Morgan fingerprint density at radius 3 is 1.91 bits per heavy atom. The van der Waals surface area contributed by atoms with Gasteiger partial charge in [-0.3, -0.25) is 0 Å². The Bertz CT molecular complexity index is 1020. The fourth-order valence-corrected chi connectivity index (χ4v) is 5.97. The third-order valence-corrected chi connectivity index (χ3v) is 8.19. The van der Waals surface area contributed by atoms with E-state index in [2.05, 4.69) is 6.92 Å². The zero-order valence-electron chi connectivity index (χ0n) is 20.9. The number of aryl methyl sites for hydroxylation is 1. The van der Waals surface area contributed by atoms with Crippen molar-refractivity contribution in [2.75, 3.05) is 0 Å². The first-order valence-corrected chi connectivity index (χ1v) is 13.4. The van der Waals surface area contributed by atoms with E-state index in [4.69, 9.17) is 4.74 Å². The molecule has 2 nitrogen and oxygen atoms in total. The minimum atomic E-state index is -0.713. The van der Waals surface area contributed by atoms with Crippen molar-refractivity contribution in [3.8, 4) is 0 Å². The Morgan fingerprint density at radius 1 is 0.829 bits per heavy atom. The summed E-state index contributed by atoms with van der Waals surface area (Å²) in [5, 5.41) is 0. The molecule has 2 aliphatic carbocycles. The Labute approximate surface area is 207 Å². The molecule has 0 atom stereocenters. The predicted octanol–water partition coefficient (Wildman–Crippen LogP) is 8.62. The normalized spacial score (nSPS) is 24.8. The second-order valence-corrected chi connectivity index (χ2v) is 10.4. The number of carbonyl (C=O) groups excluding carboxylic acids is 1. The maximum absolute atomic E-state index is 15.1. The van der Waals surface area contributed by atoms with Crippen molar-refractivity contribution in [2.45, 2.75) is 102 Å². The molecule has 0 N–H and O–H groups in total. The van der Waals surface area contributed by atoms with Crippen molar-refractivity contribution in [3.05, 3.63) is 70.0 Å². The fraction of sp³-hybridized carbons (Fsp3) is 0.567. The van der Waals surface area contributed by atoms with Crippen LogP contribution in [0.2, 0.25) is 0 Å². The molecule has 0 saturated heterocycles. The summed E-state index contributed by atoms with van der Waals surface area (Å²) in [7, 11) is 0. The van der Waals surface area contributed by atoms with E-state index in [-0.39, 0.29) is 23.5 Å². The highest BCUT2D eigenvalue weighted by Gasteiger charge is 2.31. The van der Waals surface area contributed by atoms with E-state index < -0.39 is 23.4 Å². The molecular weight excluding hydrogens is 449 g/mol. The summed E-state index contributed by atoms with van der Waals surface area (Å²) >= 11 is 0. The lowest BCUT2D eigenvalue weighted by Crippen LogP contribution is -2.25. The lowest BCUT2D eigenvalue weighted by Gasteiger charge is -2.30. The molecule has 0 aliphatic heterocycles. The number of rotatable bonds is 7. The van der Waals surface area contributed by atoms with Crippen molar-refractivity contribution in [3.63, 3.8) is 0 Å². The Kier molecular flexibility index (Phi) is 8.56. The monoisotopic (exact) mass is 486 g/mol. The minimum absolute atomic E-state index is 0.0522. The van der Waals surface area contributed by atoms with Crippen molar-refractivity contribution in [2.24, 2.45) is 5.92 Å². The average molecular weight is 487 g/mol. The van der Waals surface area contributed by atoms with E-state index in [0.717, 1.165) is 50.5 Å². The van der Waals surface area contributed by atoms with Gasteiger partial charge in [-0.05, 0) is 104 Å². The quantitative estimate of drug-likeness (QED) is 0.366. The van der Waals surface area contributed by atoms with Gasteiger partial charge >= 0.3 is 5.97 Å². The van der Waals surface area contributed by atoms with Crippen LogP contribution < -0.4 is 0 Å². The largest absolute Gasteiger partial charge is 0.459 e. The van der Waals surface area contributed by atoms with Crippen LogP contribution in [0.3, 0.4) is 0 Å². The molecule has 0 bridgehead atoms. The number of carbonyl (C=O) groups is 1. The standard InChI is InChI=1S/C30H37F3O2/c1-3-5-20-8-15-26(27(31)18-20)30(34)35-23-13-11-22(12-14-23)25-17-16-24(28(32)29(25)33)21-9-6-19(4-2)7-10-21/h8,15-19,21-23H,3-7,9-14H2,1-2H3. The lowest BCUT2D eigenvalue weighted by atomic mass is 9.76. The van der Waals surface area contributed by atoms with Gasteiger partial charge in [0.05, 0.1) is 5.56 Å². The molecule has 0 spiro atoms. The van der Waals surface area contributed by atoms with Crippen molar-refractivity contribution in [1.29, 1.82) is 0 Å². The molecule has 0 heterocycles. The number of ether oxygens (including phenoxy) is 1. The molecular formula is C30H37F3O2. The van der Waals surface area contributed by atoms with Gasteiger partial charge in [0, 0.05) is 0 Å². The van der Waals surface area contributed by atoms with Crippen LogP contribution in [-0.4, -0.2) is 12.1 Å². The van der Waals surface area contributed by atoms with E-state index in [1.165, 1.54) is 12.1 Å². The Morgan fingerprint density at radius 2 is 1.40 bits per heavy atom. The van der Waals surface area contributed by atoms with E-state index in [1.807, 2.05) is 6.92 Å². The summed E-state index contributed by atoms with van der Waals surface area (Å²) in [5.41, 5.74) is 1.76. The van der Waals surface area contributed by atoms with Crippen LogP contribution in [0.15, 0.2) is 30.3 Å². The Hall–Kier alpha value is -2.30. The first-order chi connectivity index (χ1) is 16.9. The Balaban J connectivity index is 1.35. The molecule has 0 amide bonds. The summed E-state index contributed by atoms with van der Waals surface area (Å²) < 4.78 is 50.1. The molecule has 2 fully saturated rings. The third kappa shape index (κ3) is 5.92. The van der Waals surface area contributed by atoms with Gasteiger partial charge in [0.1, 0.15) is 11.9 Å². The predicted molar refractivity (Wildman–Crippen MR) is 132 cm³/mol. The van der Waals surface area contributed by atoms with Crippen LogP contribution in [0, 0.1) is 23.4 Å². The minimum Gasteiger partial charge on any atom is -0.459 e. The second-order valence-electron chi connectivity index (χ2n) is 10.4. The highest BCUT2D eigenvalue weighted by atomic mass is 19.2. The van der Waals surface area contributed by atoms with E-state index in [1.54, 1.807) is 18.2 Å². The molecule has 190 valence electrons. The van der Waals surface area contributed by atoms with E-state index >= 15 is 8.78 Å². The van der Waals surface area contributed by atoms with Gasteiger partial charge in [-0.1, -0.05) is 44.9 Å². The van der Waals surface area contributed by atoms with Crippen LogP contribution in [0.25, 0.3) is 0 Å². The average Bonchev–Trinajstić information content (AvgIpc) is 2.86. The molecule has 0 unspecified atom stereocenters. The van der Waals surface area contributed by atoms with Gasteiger partial charge in [0.2, 0.25) is 0 Å². The first-order valence-electron chi connectivity index (χ1n) is 13.4. The molecule has 2 aliphatic rings. The fourth-order valence-electron chi connectivity index (χ4n) is 5.97. The summed E-state index contributed by atoms with van der Waals surface area (Å²) in [6.07, 6.45) is 8.80. The maximum atomic E-state index is 15.1. The van der Waals surface area contributed by atoms with Gasteiger partial charge in [0.25, 0.3) is 0 Å². The van der Waals surface area contributed by atoms with Crippen molar-refractivity contribution in [1.82, 2.24) is 0 Å². The van der Waals surface area contributed by atoms with Crippen LogP contribution >= 0.6 is 0 Å². The first kappa shape index (κ1) is 25.8. The summed E-state index contributed by atoms with van der Waals surface area (Å²) in [5.74, 6) is -1.90. The smallest absolute Gasteiger partial charge is 0.341 e. The van der Waals surface area contributed by atoms with Crippen LogP contribution in [0.1, 0.15) is 117 Å². The molecule has 35 heavy (non-hydrogen) atoms. The number of esters is 1. The summed E-state index contributed by atoms with van der Waals surface area (Å²) in [4.78, 5) is 12.5. The van der Waals surface area contributed by atoms with Gasteiger partial charge in [-0.2, -0.15) is 0 Å². The van der Waals surface area contributed by atoms with Gasteiger partial charge in [-0.25, -0.2) is 18.0 Å². The highest BCUT2D eigenvalue weighted by Crippen LogP contribution is 2.41. The zero-order chi connectivity index (χ0) is 24.9. The van der Waals surface area contributed by atoms with Crippen molar-refractivity contribution >= 4 is 5.97 Å². The molecule has 5 heteroatoms. The van der Waals surface area contributed by atoms with E-state index in [0.29, 0.717) is 42.7 Å². The summed E-state index contributed by atoms with van der Waals surface area (Å²) in [6.45, 7) is 4.21. The zero-order valence-corrected chi connectivity index (χ0v) is 20.9.